The van der Waals surface area contributed by atoms with Gasteiger partial charge >= 0.3 is 12.2 Å². The number of halogens is 5. The Morgan fingerprint density at radius 1 is 1.38 bits per heavy atom. The van der Waals surface area contributed by atoms with Gasteiger partial charge in [0.05, 0.1) is 11.9 Å². The molecule has 1 heterocycles. The molecule has 0 saturated heterocycles. The molecule has 0 saturated carbocycles. The number of allylic oxidation sites excluding steroid dienone is 3. The molecule has 2 atom stereocenters. The van der Waals surface area contributed by atoms with Crippen molar-refractivity contribution in [2.24, 2.45) is 0 Å². The summed E-state index contributed by atoms with van der Waals surface area (Å²) >= 11 is 0. The number of amides is 2. The van der Waals surface area contributed by atoms with Gasteiger partial charge in [-0.05, 0) is 39.0 Å². The van der Waals surface area contributed by atoms with Crippen LogP contribution >= 0.6 is 0 Å². The third-order valence-electron chi connectivity index (χ3n) is 3.65. The van der Waals surface area contributed by atoms with Crippen molar-refractivity contribution < 1.29 is 31.5 Å². The second kappa shape index (κ2) is 9.89. The normalized spacial score (nSPS) is 15.1. The van der Waals surface area contributed by atoms with E-state index in [1.54, 1.807) is 5.32 Å². The number of urea groups is 1. The molecule has 1 rings (SSSR count). The zero-order valence-electron chi connectivity index (χ0n) is 15.9. The highest BCUT2D eigenvalue weighted by Crippen LogP contribution is 2.32. The molecule has 1 unspecified atom stereocenters. The zero-order valence-corrected chi connectivity index (χ0v) is 15.9. The Kier molecular flexibility index (Phi) is 8.16. The van der Waals surface area contributed by atoms with Crippen LogP contribution in [0.3, 0.4) is 0 Å². The first-order valence-corrected chi connectivity index (χ1v) is 8.26. The van der Waals surface area contributed by atoms with E-state index in [0.717, 1.165) is 26.1 Å². The van der Waals surface area contributed by atoms with Gasteiger partial charge in [-0.25, -0.2) is 18.6 Å². The number of carbonyl (C=O) groups is 1. The number of ether oxygens (including phenoxy) is 1. The van der Waals surface area contributed by atoms with Crippen molar-refractivity contribution >= 4 is 17.5 Å². The summed E-state index contributed by atoms with van der Waals surface area (Å²) in [6.07, 6.45) is -4.93. The summed E-state index contributed by atoms with van der Waals surface area (Å²) in [4.78, 5) is 15.8. The topological polar surface area (TPSA) is 89.3 Å². The van der Waals surface area contributed by atoms with Crippen LogP contribution in [0.1, 0.15) is 20.8 Å². The lowest BCUT2D eigenvalue weighted by Crippen LogP contribution is -2.49. The molecule has 1 aromatic rings. The van der Waals surface area contributed by atoms with Gasteiger partial charge in [0.2, 0.25) is 0 Å². The van der Waals surface area contributed by atoms with Gasteiger partial charge in [-0.2, -0.15) is 13.2 Å². The number of aromatic nitrogens is 1. The molecule has 2 amide bonds. The SMILES string of the molecule is C=C(O/C(=C(/C)C(C)F)[C@H](NC(=O)Nc1ccc(N)nc1)C(F)(F)F)/C(F)=C\C. The van der Waals surface area contributed by atoms with Crippen LogP contribution in [0.5, 0.6) is 0 Å². The fourth-order valence-electron chi connectivity index (χ4n) is 1.98. The van der Waals surface area contributed by atoms with E-state index in [4.69, 9.17) is 10.5 Å². The third-order valence-corrected chi connectivity index (χ3v) is 3.65. The standard InChI is InChI=1S/C18H21F5N4O2/c1-5-13(20)11(4)29-15(9(2)10(3)19)16(18(21,22)23)27-17(28)26-12-6-7-14(24)25-8-12/h5-8,10,16H,4H2,1-3H3,(H2,24,25)(H2,26,27,28)/b13-5+,15-9-/t10?,16-/m0/s1. The number of alkyl halides is 4. The van der Waals surface area contributed by atoms with Crippen molar-refractivity contribution in [3.63, 3.8) is 0 Å². The van der Waals surface area contributed by atoms with Crippen molar-refractivity contribution in [1.82, 2.24) is 10.3 Å². The summed E-state index contributed by atoms with van der Waals surface area (Å²) in [6.45, 7) is 6.46. The molecule has 0 aliphatic rings. The molecular weight excluding hydrogens is 399 g/mol. The molecule has 1 aromatic heterocycles. The average molecular weight is 420 g/mol. The minimum Gasteiger partial charge on any atom is -0.457 e. The fourth-order valence-corrected chi connectivity index (χ4v) is 1.98. The Labute approximate surface area is 164 Å². The van der Waals surface area contributed by atoms with Crippen LogP contribution in [0, 0.1) is 0 Å². The van der Waals surface area contributed by atoms with E-state index in [1.807, 2.05) is 0 Å². The van der Waals surface area contributed by atoms with E-state index >= 15 is 0 Å². The van der Waals surface area contributed by atoms with Crippen LogP contribution in [-0.2, 0) is 4.74 Å². The molecule has 0 aliphatic heterocycles. The molecule has 0 bridgehead atoms. The molecular formula is C18H21F5N4O2. The maximum atomic E-state index is 13.8. The molecule has 0 spiro atoms. The van der Waals surface area contributed by atoms with E-state index in [9.17, 15) is 26.7 Å². The van der Waals surface area contributed by atoms with Crippen LogP contribution in [0.2, 0.25) is 0 Å². The predicted molar refractivity (Wildman–Crippen MR) is 99.0 cm³/mol. The molecule has 0 fully saturated rings. The first-order chi connectivity index (χ1) is 13.4. The second-order valence-electron chi connectivity index (χ2n) is 5.87. The molecule has 4 N–H and O–H groups in total. The van der Waals surface area contributed by atoms with Crippen molar-refractivity contribution in [1.29, 1.82) is 0 Å². The minimum atomic E-state index is -5.09. The largest absolute Gasteiger partial charge is 0.457 e. The van der Waals surface area contributed by atoms with Crippen molar-refractivity contribution in [3.8, 4) is 0 Å². The zero-order chi connectivity index (χ0) is 22.4. The van der Waals surface area contributed by atoms with Gasteiger partial charge in [0.15, 0.2) is 17.6 Å². The lowest BCUT2D eigenvalue weighted by atomic mass is 10.1. The summed E-state index contributed by atoms with van der Waals surface area (Å²) in [5.74, 6) is -2.69. The first-order valence-electron chi connectivity index (χ1n) is 8.26. The third kappa shape index (κ3) is 7.09. The van der Waals surface area contributed by atoms with Gasteiger partial charge in [-0.1, -0.05) is 6.58 Å². The van der Waals surface area contributed by atoms with E-state index < -0.39 is 47.3 Å². The summed E-state index contributed by atoms with van der Waals surface area (Å²) in [7, 11) is 0. The number of hydrogen-bond donors (Lipinski definition) is 3. The Balaban J connectivity index is 3.22. The Morgan fingerprint density at radius 3 is 2.45 bits per heavy atom. The smallest absolute Gasteiger partial charge is 0.416 e. The number of hydrogen-bond acceptors (Lipinski definition) is 4. The summed E-state index contributed by atoms with van der Waals surface area (Å²) in [6, 6.07) is -1.42. The monoisotopic (exact) mass is 420 g/mol. The number of nitrogens with two attached hydrogens (primary N) is 1. The van der Waals surface area contributed by atoms with Gasteiger partial charge in [-0.15, -0.1) is 0 Å². The number of carbonyl (C=O) groups excluding carboxylic acids is 1. The van der Waals surface area contributed by atoms with E-state index in [-0.39, 0.29) is 11.5 Å². The van der Waals surface area contributed by atoms with Gasteiger partial charge in [-0.3, -0.25) is 0 Å². The maximum Gasteiger partial charge on any atom is 0.416 e. The van der Waals surface area contributed by atoms with E-state index in [2.05, 4.69) is 16.9 Å². The Hall–Kier alpha value is -3.11. The van der Waals surface area contributed by atoms with Gasteiger partial charge < -0.3 is 21.1 Å². The number of anilines is 2. The average Bonchev–Trinajstić information content (AvgIpc) is 2.63. The van der Waals surface area contributed by atoms with Crippen LogP contribution in [0.15, 0.2) is 53.9 Å². The van der Waals surface area contributed by atoms with Crippen LogP contribution in [0.4, 0.5) is 38.3 Å². The van der Waals surface area contributed by atoms with E-state index in [0.29, 0.717) is 0 Å². The Morgan fingerprint density at radius 2 is 2.00 bits per heavy atom. The highest BCUT2D eigenvalue weighted by molar-refractivity contribution is 5.89. The molecule has 160 valence electrons. The summed E-state index contributed by atoms with van der Waals surface area (Å²) < 4.78 is 73.2. The molecule has 0 aliphatic carbocycles. The number of nitrogens with zero attached hydrogens (tertiary/aromatic N) is 1. The summed E-state index contributed by atoms with van der Waals surface area (Å²) in [5.41, 5.74) is 4.95. The van der Waals surface area contributed by atoms with Crippen molar-refractivity contribution in [2.75, 3.05) is 11.1 Å². The number of pyridine rings is 1. The molecule has 11 heteroatoms. The van der Waals surface area contributed by atoms with E-state index in [1.165, 1.54) is 19.1 Å². The Bertz CT molecular complexity index is 801. The second-order valence-corrected chi connectivity index (χ2v) is 5.87. The minimum absolute atomic E-state index is 0.0593. The van der Waals surface area contributed by atoms with Crippen molar-refractivity contribution in [3.05, 3.63) is 53.9 Å². The van der Waals surface area contributed by atoms with Crippen LogP contribution < -0.4 is 16.4 Å². The van der Waals surface area contributed by atoms with Crippen LogP contribution in [-0.4, -0.2) is 29.4 Å². The predicted octanol–water partition coefficient (Wildman–Crippen LogP) is 4.75. The lowest BCUT2D eigenvalue weighted by Gasteiger charge is -2.27. The number of nitrogens with one attached hydrogen (secondary N) is 2. The highest BCUT2D eigenvalue weighted by Gasteiger charge is 2.46. The lowest BCUT2D eigenvalue weighted by molar-refractivity contribution is -0.151. The molecule has 0 radical (unpaired) electrons. The quantitative estimate of drug-likeness (QED) is 0.337. The maximum absolute atomic E-state index is 13.8. The molecule has 0 aromatic carbocycles. The first kappa shape index (κ1) is 23.9. The summed E-state index contributed by atoms with van der Waals surface area (Å²) in [5, 5.41) is 3.79. The van der Waals surface area contributed by atoms with Crippen molar-refractivity contribution in [2.45, 2.75) is 39.2 Å². The number of rotatable bonds is 7. The van der Waals surface area contributed by atoms with Gasteiger partial charge in [0, 0.05) is 5.57 Å². The van der Waals surface area contributed by atoms with Crippen LogP contribution in [0.25, 0.3) is 0 Å². The molecule has 6 nitrogen and oxygen atoms in total. The number of nitrogen functional groups attached to an aromatic ring is 1. The van der Waals surface area contributed by atoms with Gasteiger partial charge in [0.1, 0.15) is 17.7 Å². The fraction of sp³-hybridized carbons (Fsp3) is 0.333. The van der Waals surface area contributed by atoms with Gasteiger partial charge in [0.25, 0.3) is 0 Å². The molecule has 29 heavy (non-hydrogen) atoms. The highest BCUT2D eigenvalue weighted by atomic mass is 19.4.